The summed E-state index contributed by atoms with van der Waals surface area (Å²) in [6, 6.07) is 2.52. The summed E-state index contributed by atoms with van der Waals surface area (Å²) in [5.74, 6) is -0.499. The number of nitrogens with two attached hydrogens (primary N) is 1. The second-order valence-electron chi connectivity index (χ2n) is 4.20. The van der Waals surface area contributed by atoms with E-state index in [1.807, 2.05) is 0 Å². The molecule has 0 aliphatic carbocycles. The molecular weight excluding hydrogens is 254 g/mol. The first kappa shape index (κ1) is 14.6. The summed E-state index contributed by atoms with van der Waals surface area (Å²) in [6.45, 7) is 1.80. The maximum Gasteiger partial charge on any atom is 0.241 e. The number of sulfone groups is 1. The van der Waals surface area contributed by atoms with Crippen molar-refractivity contribution in [3.63, 3.8) is 0 Å². The third-order valence-electron chi connectivity index (χ3n) is 2.30. The van der Waals surface area contributed by atoms with Crippen LogP contribution in [0.15, 0.2) is 18.3 Å². The lowest BCUT2D eigenvalue weighted by Crippen LogP contribution is -2.37. The van der Waals surface area contributed by atoms with Crippen LogP contribution in [0.3, 0.4) is 0 Å². The van der Waals surface area contributed by atoms with Crippen LogP contribution in [-0.4, -0.2) is 37.4 Å². The largest absolute Gasteiger partial charge is 0.325 e. The summed E-state index contributed by atoms with van der Waals surface area (Å²) in [7, 11) is -3.10. The standard InChI is InChI=1S/C11H17N3O3S/c1-8-7-9(3-5-13-8)14-11(15)10(12)4-6-18(2,16)17/h3,5,7,10H,4,6,12H2,1-2H3,(H,13,14,15)/t10-/m0/s1. The van der Waals surface area contributed by atoms with Crippen LogP contribution in [0.5, 0.6) is 0 Å². The number of rotatable bonds is 5. The van der Waals surface area contributed by atoms with E-state index >= 15 is 0 Å². The van der Waals surface area contributed by atoms with E-state index in [1.165, 1.54) is 0 Å². The Morgan fingerprint density at radius 2 is 2.22 bits per heavy atom. The molecule has 1 heterocycles. The molecule has 1 amide bonds. The highest BCUT2D eigenvalue weighted by atomic mass is 32.2. The molecule has 100 valence electrons. The molecule has 0 saturated carbocycles. The van der Waals surface area contributed by atoms with Gasteiger partial charge in [0.1, 0.15) is 9.84 Å². The SMILES string of the molecule is Cc1cc(NC(=O)[C@@H](N)CCS(C)(=O)=O)ccn1. The summed E-state index contributed by atoms with van der Waals surface area (Å²) in [5.41, 5.74) is 6.99. The van der Waals surface area contributed by atoms with Gasteiger partial charge in [0.15, 0.2) is 0 Å². The Labute approximate surface area is 107 Å². The number of carbonyl (C=O) groups is 1. The molecule has 0 saturated heterocycles. The van der Waals surface area contributed by atoms with E-state index in [1.54, 1.807) is 25.3 Å². The first-order valence-corrected chi connectivity index (χ1v) is 7.51. The van der Waals surface area contributed by atoms with Gasteiger partial charge in [0.2, 0.25) is 5.91 Å². The minimum Gasteiger partial charge on any atom is -0.325 e. The van der Waals surface area contributed by atoms with Crippen molar-refractivity contribution in [2.45, 2.75) is 19.4 Å². The summed E-state index contributed by atoms with van der Waals surface area (Å²) < 4.78 is 21.9. The van der Waals surface area contributed by atoms with Gasteiger partial charge < -0.3 is 11.1 Å². The molecule has 0 bridgehead atoms. The molecule has 7 heteroatoms. The second-order valence-corrected chi connectivity index (χ2v) is 6.46. The first-order valence-electron chi connectivity index (χ1n) is 5.45. The fourth-order valence-electron chi connectivity index (χ4n) is 1.33. The van der Waals surface area contributed by atoms with Crippen molar-refractivity contribution in [1.29, 1.82) is 0 Å². The second kappa shape index (κ2) is 5.92. The quantitative estimate of drug-likeness (QED) is 0.790. The smallest absolute Gasteiger partial charge is 0.241 e. The number of nitrogens with one attached hydrogen (secondary N) is 1. The van der Waals surface area contributed by atoms with Gasteiger partial charge in [0.05, 0.1) is 11.8 Å². The van der Waals surface area contributed by atoms with Gasteiger partial charge in [-0.1, -0.05) is 0 Å². The lowest BCUT2D eigenvalue weighted by Gasteiger charge is -2.11. The molecule has 1 aromatic heterocycles. The summed E-state index contributed by atoms with van der Waals surface area (Å²) in [6.07, 6.45) is 2.80. The maximum atomic E-state index is 11.7. The topological polar surface area (TPSA) is 102 Å². The first-order chi connectivity index (χ1) is 8.28. The third kappa shape index (κ3) is 5.24. The van der Waals surface area contributed by atoms with Gasteiger partial charge in [-0.3, -0.25) is 9.78 Å². The van der Waals surface area contributed by atoms with Gasteiger partial charge in [-0.25, -0.2) is 8.42 Å². The van der Waals surface area contributed by atoms with Crippen LogP contribution in [-0.2, 0) is 14.6 Å². The molecule has 1 aromatic rings. The van der Waals surface area contributed by atoms with Crippen molar-refractivity contribution >= 4 is 21.4 Å². The van der Waals surface area contributed by atoms with Crippen LogP contribution in [0.1, 0.15) is 12.1 Å². The number of hydrogen-bond acceptors (Lipinski definition) is 5. The Kier molecular flexibility index (Phi) is 4.80. The van der Waals surface area contributed by atoms with E-state index in [0.717, 1.165) is 11.9 Å². The van der Waals surface area contributed by atoms with Crippen molar-refractivity contribution in [3.8, 4) is 0 Å². The molecule has 0 radical (unpaired) electrons. The molecule has 18 heavy (non-hydrogen) atoms. The van der Waals surface area contributed by atoms with E-state index < -0.39 is 21.8 Å². The average Bonchev–Trinajstić information content (AvgIpc) is 2.24. The number of carbonyl (C=O) groups excluding carboxylic acids is 1. The van der Waals surface area contributed by atoms with Gasteiger partial charge in [-0.05, 0) is 25.5 Å². The van der Waals surface area contributed by atoms with E-state index in [0.29, 0.717) is 5.69 Å². The van der Waals surface area contributed by atoms with Gasteiger partial charge in [-0.2, -0.15) is 0 Å². The van der Waals surface area contributed by atoms with Crippen molar-refractivity contribution in [2.75, 3.05) is 17.3 Å². The van der Waals surface area contributed by atoms with Crippen molar-refractivity contribution in [3.05, 3.63) is 24.0 Å². The number of pyridine rings is 1. The molecule has 1 atom stereocenters. The van der Waals surface area contributed by atoms with Crippen LogP contribution in [0.25, 0.3) is 0 Å². The fraction of sp³-hybridized carbons (Fsp3) is 0.455. The zero-order valence-corrected chi connectivity index (χ0v) is 11.2. The maximum absolute atomic E-state index is 11.7. The fourth-order valence-corrected chi connectivity index (χ4v) is 2.01. The Hall–Kier alpha value is -1.47. The van der Waals surface area contributed by atoms with Crippen molar-refractivity contribution in [2.24, 2.45) is 5.73 Å². The number of hydrogen-bond donors (Lipinski definition) is 2. The van der Waals surface area contributed by atoms with Gasteiger partial charge >= 0.3 is 0 Å². The molecule has 0 aliphatic rings. The van der Waals surface area contributed by atoms with Gasteiger partial charge in [-0.15, -0.1) is 0 Å². The summed E-state index contributed by atoms with van der Waals surface area (Å²) in [5, 5.41) is 2.62. The van der Waals surface area contributed by atoms with Crippen LogP contribution < -0.4 is 11.1 Å². The Bertz CT molecular complexity index is 528. The van der Waals surface area contributed by atoms with E-state index in [-0.39, 0.29) is 12.2 Å². The highest BCUT2D eigenvalue weighted by molar-refractivity contribution is 7.90. The van der Waals surface area contributed by atoms with Gasteiger partial charge in [0.25, 0.3) is 0 Å². The lowest BCUT2D eigenvalue weighted by atomic mass is 10.2. The average molecular weight is 271 g/mol. The van der Waals surface area contributed by atoms with Crippen LogP contribution in [0.2, 0.25) is 0 Å². The zero-order chi connectivity index (χ0) is 13.8. The molecule has 1 rings (SSSR count). The minimum absolute atomic E-state index is 0.100. The number of aromatic nitrogens is 1. The number of nitrogens with zero attached hydrogens (tertiary/aromatic N) is 1. The summed E-state index contributed by atoms with van der Waals surface area (Å²) in [4.78, 5) is 15.7. The van der Waals surface area contributed by atoms with E-state index in [2.05, 4.69) is 10.3 Å². The number of aryl methyl sites for hydroxylation is 1. The zero-order valence-electron chi connectivity index (χ0n) is 10.4. The van der Waals surface area contributed by atoms with Crippen molar-refractivity contribution < 1.29 is 13.2 Å². The summed E-state index contributed by atoms with van der Waals surface area (Å²) >= 11 is 0. The Balaban J connectivity index is 2.55. The normalized spacial score (nSPS) is 13.1. The van der Waals surface area contributed by atoms with Gasteiger partial charge in [0, 0.05) is 23.8 Å². The molecule has 0 fully saturated rings. The lowest BCUT2D eigenvalue weighted by molar-refractivity contribution is -0.117. The minimum atomic E-state index is -3.10. The molecule has 0 aliphatic heterocycles. The van der Waals surface area contributed by atoms with E-state index in [4.69, 9.17) is 5.73 Å². The molecule has 0 aromatic carbocycles. The Morgan fingerprint density at radius 3 is 2.78 bits per heavy atom. The molecular formula is C11H17N3O3S. The molecule has 0 spiro atoms. The van der Waals surface area contributed by atoms with Crippen LogP contribution in [0.4, 0.5) is 5.69 Å². The predicted molar refractivity (Wildman–Crippen MR) is 69.9 cm³/mol. The molecule has 6 nitrogen and oxygen atoms in total. The molecule has 3 N–H and O–H groups in total. The number of amides is 1. The van der Waals surface area contributed by atoms with Crippen molar-refractivity contribution in [1.82, 2.24) is 4.98 Å². The predicted octanol–water partition coefficient (Wildman–Crippen LogP) is 0.0905. The highest BCUT2D eigenvalue weighted by Crippen LogP contribution is 2.08. The van der Waals surface area contributed by atoms with Crippen LogP contribution >= 0.6 is 0 Å². The number of anilines is 1. The van der Waals surface area contributed by atoms with E-state index in [9.17, 15) is 13.2 Å². The third-order valence-corrected chi connectivity index (χ3v) is 3.28. The molecule has 0 unspecified atom stereocenters. The monoisotopic (exact) mass is 271 g/mol. The highest BCUT2D eigenvalue weighted by Gasteiger charge is 2.16. The Morgan fingerprint density at radius 1 is 1.56 bits per heavy atom. The van der Waals surface area contributed by atoms with Crippen LogP contribution in [0, 0.1) is 6.92 Å².